The Hall–Kier alpha value is -3.81. The van der Waals surface area contributed by atoms with Gasteiger partial charge in [-0.3, -0.25) is 20.4 Å². The summed E-state index contributed by atoms with van der Waals surface area (Å²) in [4.78, 5) is 23.7. The molecular weight excluding hydrogens is 367 g/mol. The third-order valence-electron chi connectivity index (χ3n) is 3.51. The van der Waals surface area contributed by atoms with E-state index in [2.05, 4.69) is 10.9 Å². The lowest BCUT2D eigenvalue weighted by atomic mass is 10.3. The molecule has 0 bridgehead atoms. The van der Waals surface area contributed by atoms with Crippen molar-refractivity contribution in [3.8, 4) is 11.5 Å². The largest absolute Gasteiger partial charge is 0.486 e. The number of para-hydroxylation sites is 1. The molecule has 0 spiro atoms. The summed E-state index contributed by atoms with van der Waals surface area (Å²) in [5, 5.41) is 0. The Balaban J connectivity index is 1.41. The molecule has 3 aromatic rings. The smallest absolute Gasteiger partial charge is 0.305 e. The van der Waals surface area contributed by atoms with E-state index in [1.54, 1.807) is 18.2 Å². The molecule has 0 aliphatic heterocycles. The normalized spacial score (nSPS) is 10.2. The second-order valence-electron chi connectivity index (χ2n) is 5.61. The van der Waals surface area contributed by atoms with Crippen LogP contribution in [0.4, 0.5) is 4.39 Å². The number of amides is 2. The quantitative estimate of drug-likeness (QED) is 0.612. The minimum atomic E-state index is -0.624. The summed E-state index contributed by atoms with van der Waals surface area (Å²) in [7, 11) is 0. The van der Waals surface area contributed by atoms with E-state index in [0.29, 0.717) is 17.3 Å². The van der Waals surface area contributed by atoms with Gasteiger partial charge in [-0.15, -0.1) is 0 Å². The summed E-state index contributed by atoms with van der Waals surface area (Å²) >= 11 is 0. The summed E-state index contributed by atoms with van der Waals surface area (Å²) in [6.45, 7) is -0.185. The molecule has 28 heavy (non-hydrogen) atoms. The van der Waals surface area contributed by atoms with Crippen molar-refractivity contribution in [1.82, 2.24) is 10.9 Å². The molecule has 2 N–H and O–H groups in total. The van der Waals surface area contributed by atoms with Crippen molar-refractivity contribution in [2.24, 2.45) is 0 Å². The van der Waals surface area contributed by atoms with E-state index in [4.69, 9.17) is 13.9 Å². The first-order valence-electron chi connectivity index (χ1n) is 8.34. The van der Waals surface area contributed by atoms with Crippen LogP contribution in [-0.2, 0) is 11.4 Å². The average molecular weight is 384 g/mol. The SMILES string of the molecule is O=C(COc1ccc(F)cc1)NNC(=O)c1ccc(COc2ccccc2)o1. The van der Waals surface area contributed by atoms with Crippen molar-refractivity contribution in [1.29, 1.82) is 0 Å². The van der Waals surface area contributed by atoms with Gasteiger partial charge >= 0.3 is 5.91 Å². The molecule has 1 aromatic heterocycles. The Kier molecular flexibility index (Phi) is 6.25. The van der Waals surface area contributed by atoms with Crippen molar-refractivity contribution in [3.63, 3.8) is 0 Å². The number of nitrogens with one attached hydrogen (secondary N) is 2. The monoisotopic (exact) mass is 384 g/mol. The molecule has 0 atom stereocenters. The van der Waals surface area contributed by atoms with Crippen LogP contribution in [0.25, 0.3) is 0 Å². The van der Waals surface area contributed by atoms with Gasteiger partial charge in [0.15, 0.2) is 12.4 Å². The maximum atomic E-state index is 12.8. The maximum absolute atomic E-state index is 12.8. The molecule has 0 saturated carbocycles. The van der Waals surface area contributed by atoms with Crippen molar-refractivity contribution >= 4 is 11.8 Å². The molecule has 0 unspecified atom stereocenters. The van der Waals surface area contributed by atoms with Crippen molar-refractivity contribution in [2.45, 2.75) is 6.61 Å². The van der Waals surface area contributed by atoms with Gasteiger partial charge in [0.2, 0.25) is 0 Å². The predicted molar refractivity (Wildman–Crippen MR) is 97.0 cm³/mol. The molecule has 2 amide bonds. The number of hydrazine groups is 1. The molecule has 1 heterocycles. The summed E-state index contributed by atoms with van der Waals surface area (Å²) < 4.78 is 28.9. The highest BCUT2D eigenvalue weighted by molar-refractivity contribution is 5.93. The fourth-order valence-corrected chi connectivity index (χ4v) is 2.15. The molecule has 0 aliphatic rings. The fourth-order valence-electron chi connectivity index (χ4n) is 2.15. The Morgan fingerprint density at radius 3 is 2.32 bits per heavy atom. The number of hydrogen-bond donors (Lipinski definition) is 2. The van der Waals surface area contributed by atoms with Gasteiger partial charge in [0.1, 0.15) is 29.7 Å². The minimum absolute atomic E-state index is 0.0198. The van der Waals surface area contributed by atoms with Gasteiger partial charge in [0, 0.05) is 0 Å². The van der Waals surface area contributed by atoms with Gasteiger partial charge in [0.05, 0.1) is 0 Å². The van der Waals surface area contributed by atoms with Crippen LogP contribution in [0.5, 0.6) is 11.5 Å². The first kappa shape index (κ1) is 19.0. The highest BCUT2D eigenvalue weighted by Gasteiger charge is 2.13. The lowest BCUT2D eigenvalue weighted by Gasteiger charge is -2.08. The molecule has 2 aromatic carbocycles. The first-order valence-corrected chi connectivity index (χ1v) is 8.34. The number of furan rings is 1. The van der Waals surface area contributed by atoms with Crippen LogP contribution in [0.1, 0.15) is 16.3 Å². The Morgan fingerprint density at radius 1 is 0.857 bits per heavy atom. The van der Waals surface area contributed by atoms with E-state index >= 15 is 0 Å². The van der Waals surface area contributed by atoms with E-state index in [0.717, 1.165) is 0 Å². The number of benzene rings is 2. The molecule has 144 valence electrons. The number of carbonyl (C=O) groups excluding carboxylic acids is 2. The summed E-state index contributed by atoms with van der Waals surface area (Å²) in [6.07, 6.45) is 0. The zero-order chi connectivity index (χ0) is 19.8. The van der Waals surface area contributed by atoms with Gasteiger partial charge in [-0.2, -0.15) is 0 Å². The number of rotatable bonds is 7. The van der Waals surface area contributed by atoms with E-state index in [9.17, 15) is 14.0 Å². The number of carbonyl (C=O) groups is 2. The van der Waals surface area contributed by atoms with Crippen molar-refractivity contribution < 1.29 is 27.9 Å². The van der Waals surface area contributed by atoms with Crippen LogP contribution >= 0.6 is 0 Å². The molecule has 8 heteroatoms. The van der Waals surface area contributed by atoms with Crippen LogP contribution < -0.4 is 20.3 Å². The topological polar surface area (TPSA) is 89.8 Å². The molecule has 0 aliphatic carbocycles. The third-order valence-corrected chi connectivity index (χ3v) is 3.51. The molecule has 0 radical (unpaired) electrons. The van der Waals surface area contributed by atoms with Gasteiger partial charge in [-0.05, 0) is 48.5 Å². The average Bonchev–Trinajstić information content (AvgIpc) is 3.20. The van der Waals surface area contributed by atoms with Gasteiger partial charge in [0.25, 0.3) is 5.91 Å². The standard InChI is InChI=1S/C20H17FN2O5/c21-14-6-8-16(9-7-14)27-13-19(24)22-23-20(25)18-11-10-17(28-18)12-26-15-4-2-1-3-5-15/h1-11H,12-13H2,(H,22,24)(H,23,25). The van der Waals surface area contributed by atoms with Crippen LogP contribution in [0.2, 0.25) is 0 Å². The van der Waals surface area contributed by atoms with Gasteiger partial charge < -0.3 is 13.9 Å². The highest BCUT2D eigenvalue weighted by atomic mass is 19.1. The number of hydrogen-bond acceptors (Lipinski definition) is 5. The zero-order valence-electron chi connectivity index (χ0n) is 14.7. The number of ether oxygens (including phenoxy) is 2. The Labute approximate surface area is 160 Å². The number of halogens is 1. The molecule has 0 saturated heterocycles. The van der Waals surface area contributed by atoms with Crippen LogP contribution in [0, 0.1) is 5.82 Å². The van der Waals surface area contributed by atoms with Crippen molar-refractivity contribution in [3.05, 3.63) is 84.1 Å². The van der Waals surface area contributed by atoms with E-state index in [-0.39, 0.29) is 19.0 Å². The summed E-state index contributed by atoms with van der Waals surface area (Å²) in [5.74, 6) is -0.129. The molecule has 7 nitrogen and oxygen atoms in total. The first-order chi connectivity index (χ1) is 13.6. The lowest BCUT2D eigenvalue weighted by Crippen LogP contribution is -2.43. The van der Waals surface area contributed by atoms with Crippen LogP contribution in [0.3, 0.4) is 0 Å². The van der Waals surface area contributed by atoms with Crippen LogP contribution in [-0.4, -0.2) is 18.4 Å². The lowest BCUT2D eigenvalue weighted by molar-refractivity contribution is -0.123. The summed E-state index contributed by atoms with van der Waals surface area (Å²) in [5.41, 5.74) is 4.42. The third kappa shape index (κ3) is 5.60. The summed E-state index contributed by atoms with van der Waals surface area (Å²) in [6, 6.07) is 17.5. The molecule has 0 fully saturated rings. The van der Waals surface area contributed by atoms with Gasteiger partial charge in [-0.25, -0.2) is 4.39 Å². The highest BCUT2D eigenvalue weighted by Crippen LogP contribution is 2.14. The fraction of sp³-hybridized carbons (Fsp3) is 0.100. The maximum Gasteiger partial charge on any atom is 0.305 e. The molecule has 3 rings (SSSR count). The second-order valence-corrected chi connectivity index (χ2v) is 5.61. The van der Waals surface area contributed by atoms with E-state index in [1.165, 1.54) is 30.3 Å². The predicted octanol–water partition coefficient (Wildman–Crippen LogP) is 2.84. The van der Waals surface area contributed by atoms with Gasteiger partial charge in [-0.1, -0.05) is 18.2 Å². The zero-order valence-corrected chi connectivity index (χ0v) is 14.7. The Bertz CT molecular complexity index is 925. The van der Waals surface area contributed by atoms with Crippen molar-refractivity contribution in [2.75, 3.05) is 6.61 Å². The molecular formula is C20H17FN2O5. The van der Waals surface area contributed by atoms with E-state index < -0.39 is 17.6 Å². The minimum Gasteiger partial charge on any atom is -0.486 e. The van der Waals surface area contributed by atoms with Crippen LogP contribution in [0.15, 0.2) is 71.1 Å². The van der Waals surface area contributed by atoms with E-state index in [1.807, 2.05) is 18.2 Å². The Morgan fingerprint density at radius 2 is 1.57 bits per heavy atom. The second kappa shape index (κ2) is 9.22.